The first-order chi connectivity index (χ1) is 12.7. The summed E-state index contributed by atoms with van der Waals surface area (Å²) in [6.07, 6.45) is 0. The number of fused-ring (bicyclic) bond motifs is 3. The van der Waals surface area contributed by atoms with Crippen molar-refractivity contribution in [3.8, 4) is 5.69 Å². The molecule has 4 rings (SSSR count). The lowest BCUT2D eigenvalue weighted by molar-refractivity contribution is 0.576. The van der Waals surface area contributed by atoms with Gasteiger partial charge in [0, 0.05) is 22.0 Å². The highest BCUT2D eigenvalue weighted by atomic mass is 19.1. The van der Waals surface area contributed by atoms with Crippen LogP contribution in [0.4, 0.5) is 22.0 Å². The predicted molar refractivity (Wildman–Crippen MR) is 94.8 cm³/mol. The molecule has 0 aliphatic rings. The molecule has 0 fully saturated rings. The summed E-state index contributed by atoms with van der Waals surface area (Å²) >= 11 is 0. The van der Waals surface area contributed by atoms with Crippen LogP contribution in [0.15, 0.2) is 30.3 Å². The summed E-state index contributed by atoms with van der Waals surface area (Å²) in [5, 5.41) is -0.519. The van der Waals surface area contributed by atoms with Crippen LogP contribution < -0.4 is 0 Å². The van der Waals surface area contributed by atoms with E-state index in [2.05, 4.69) is 0 Å². The van der Waals surface area contributed by atoms with Crippen molar-refractivity contribution in [1.29, 1.82) is 0 Å². The Bertz CT molecular complexity index is 1250. The maximum absolute atomic E-state index is 14.9. The number of hydrogen-bond acceptors (Lipinski definition) is 0. The number of rotatable bonds is 1. The van der Waals surface area contributed by atoms with Crippen LogP contribution in [0.2, 0.25) is 0 Å². The van der Waals surface area contributed by atoms with Gasteiger partial charge < -0.3 is 4.57 Å². The lowest BCUT2D eigenvalue weighted by atomic mass is 10.1. The Balaban J connectivity index is 2.33. The van der Waals surface area contributed by atoms with Crippen molar-refractivity contribution in [2.75, 3.05) is 0 Å². The molecule has 6 heteroatoms. The third-order valence-corrected chi connectivity index (χ3v) is 4.93. The van der Waals surface area contributed by atoms with Gasteiger partial charge in [0.25, 0.3) is 0 Å². The van der Waals surface area contributed by atoms with E-state index in [0.717, 1.165) is 22.8 Å². The third kappa shape index (κ3) is 2.36. The standard InChI is InChI=1S/C21H14F5N/c1-9-4-5-12(7-13(9)22)27-16-8-14(23)11(3)20(26)17(16)18-19(25)10(2)6-15(24)21(18)27/h4-8H,1-3H3. The van der Waals surface area contributed by atoms with E-state index in [9.17, 15) is 22.0 Å². The molecule has 0 saturated carbocycles. The second-order valence-corrected chi connectivity index (χ2v) is 6.67. The molecular weight excluding hydrogens is 361 g/mol. The van der Waals surface area contributed by atoms with Crippen molar-refractivity contribution >= 4 is 21.8 Å². The smallest absolute Gasteiger partial charge is 0.148 e. The van der Waals surface area contributed by atoms with E-state index in [4.69, 9.17) is 0 Å². The fraction of sp³-hybridized carbons (Fsp3) is 0.143. The minimum Gasteiger partial charge on any atom is -0.306 e. The van der Waals surface area contributed by atoms with E-state index in [1.165, 1.54) is 26.0 Å². The van der Waals surface area contributed by atoms with Gasteiger partial charge in [-0.25, -0.2) is 22.0 Å². The number of aryl methyl sites for hydroxylation is 2. The lowest BCUT2D eigenvalue weighted by Gasteiger charge is -2.10. The quantitative estimate of drug-likeness (QED) is 0.339. The van der Waals surface area contributed by atoms with Crippen molar-refractivity contribution in [1.82, 2.24) is 4.57 Å². The van der Waals surface area contributed by atoms with E-state index >= 15 is 0 Å². The monoisotopic (exact) mass is 375 g/mol. The van der Waals surface area contributed by atoms with Crippen molar-refractivity contribution in [2.45, 2.75) is 20.8 Å². The molecular formula is C21H14F5N. The largest absolute Gasteiger partial charge is 0.306 e. The molecule has 0 aliphatic carbocycles. The number of hydrogen-bond donors (Lipinski definition) is 0. The third-order valence-electron chi connectivity index (χ3n) is 4.93. The Morgan fingerprint density at radius 3 is 2.04 bits per heavy atom. The van der Waals surface area contributed by atoms with Gasteiger partial charge in [0.05, 0.1) is 11.0 Å². The second-order valence-electron chi connectivity index (χ2n) is 6.67. The fourth-order valence-corrected chi connectivity index (χ4v) is 3.42. The Labute approximate surface area is 151 Å². The zero-order chi connectivity index (χ0) is 19.6. The van der Waals surface area contributed by atoms with Gasteiger partial charge in [0.15, 0.2) is 0 Å². The topological polar surface area (TPSA) is 4.93 Å². The van der Waals surface area contributed by atoms with Crippen LogP contribution in [0.3, 0.4) is 0 Å². The number of benzene rings is 3. The predicted octanol–water partition coefficient (Wildman–Crippen LogP) is 6.40. The first-order valence-corrected chi connectivity index (χ1v) is 8.26. The van der Waals surface area contributed by atoms with Gasteiger partial charge in [0.1, 0.15) is 29.1 Å². The average molecular weight is 375 g/mol. The van der Waals surface area contributed by atoms with Crippen molar-refractivity contribution < 1.29 is 22.0 Å². The van der Waals surface area contributed by atoms with Gasteiger partial charge in [-0.05, 0) is 56.2 Å². The first-order valence-electron chi connectivity index (χ1n) is 8.26. The second kappa shape index (κ2) is 5.81. The van der Waals surface area contributed by atoms with E-state index in [1.807, 2.05) is 0 Å². The Kier molecular flexibility index (Phi) is 3.77. The summed E-state index contributed by atoms with van der Waals surface area (Å²) in [6.45, 7) is 4.14. The van der Waals surface area contributed by atoms with Gasteiger partial charge in [0.2, 0.25) is 0 Å². The molecule has 138 valence electrons. The van der Waals surface area contributed by atoms with Crippen molar-refractivity contribution in [3.63, 3.8) is 0 Å². The van der Waals surface area contributed by atoms with E-state index in [-0.39, 0.29) is 38.6 Å². The molecule has 0 aliphatic heterocycles. The van der Waals surface area contributed by atoms with Gasteiger partial charge in [-0.2, -0.15) is 0 Å². The number of aromatic nitrogens is 1. The summed E-state index contributed by atoms with van der Waals surface area (Å²) in [7, 11) is 0. The van der Waals surface area contributed by atoms with Crippen LogP contribution in [0, 0.1) is 49.9 Å². The minimum absolute atomic E-state index is 0.00415. The van der Waals surface area contributed by atoms with Gasteiger partial charge in [-0.15, -0.1) is 0 Å². The minimum atomic E-state index is -0.967. The Morgan fingerprint density at radius 1 is 0.667 bits per heavy atom. The van der Waals surface area contributed by atoms with Gasteiger partial charge in [-0.1, -0.05) is 6.07 Å². The molecule has 1 nitrogen and oxygen atoms in total. The number of nitrogens with zero attached hydrogens (tertiary/aromatic N) is 1. The molecule has 1 aromatic heterocycles. The first kappa shape index (κ1) is 17.5. The molecule has 0 atom stereocenters. The molecule has 0 spiro atoms. The van der Waals surface area contributed by atoms with E-state index in [0.29, 0.717) is 5.56 Å². The van der Waals surface area contributed by atoms with Crippen molar-refractivity contribution in [2.24, 2.45) is 0 Å². The summed E-state index contributed by atoms with van der Waals surface area (Å²) in [4.78, 5) is 0. The highest BCUT2D eigenvalue weighted by molar-refractivity contribution is 6.10. The highest BCUT2D eigenvalue weighted by Crippen LogP contribution is 2.39. The highest BCUT2D eigenvalue weighted by Gasteiger charge is 2.25. The molecule has 0 N–H and O–H groups in total. The lowest BCUT2D eigenvalue weighted by Crippen LogP contribution is -1.99. The van der Waals surface area contributed by atoms with Gasteiger partial charge in [-0.3, -0.25) is 0 Å². The van der Waals surface area contributed by atoms with Crippen LogP contribution >= 0.6 is 0 Å². The van der Waals surface area contributed by atoms with E-state index < -0.39 is 29.1 Å². The zero-order valence-corrected chi connectivity index (χ0v) is 14.7. The Hall–Kier alpha value is -2.89. The molecule has 1 heterocycles. The maximum atomic E-state index is 14.9. The zero-order valence-electron chi connectivity index (χ0n) is 14.7. The Morgan fingerprint density at radius 2 is 1.37 bits per heavy atom. The van der Waals surface area contributed by atoms with Crippen molar-refractivity contribution in [3.05, 3.63) is 76.1 Å². The van der Waals surface area contributed by atoms with Gasteiger partial charge >= 0.3 is 0 Å². The van der Waals surface area contributed by atoms with Crippen LogP contribution in [0.5, 0.6) is 0 Å². The molecule has 0 unspecified atom stereocenters. The molecule has 27 heavy (non-hydrogen) atoms. The van der Waals surface area contributed by atoms with E-state index in [1.54, 1.807) is 6.92 Å². The SMILES string of the molecule is Cc1ccc(-n2c3cc(F)c(C)c(F)c3c3c(F)c(C)cc(F)c32)cc1F. The van der Waals surface area contributed by atoms with Crippen LogP contribution in [0.25, 0.3) is 27.5 Å². The summed E-state index contributed by atoms with van der Waals surface area (Å²) in [5.41, 5.74) is -0.135. The molecule has 0 bridgehead atoms. The molecule has 0 radical (unpaired) electrons. The molecule has 4 aromatic rings. The van der Waals surface area contributed by atoms with Crippen LogP contribution in [0.1, 0.15) is 16.7 Å². The summed E-state index contributed by atoms with van der Waals surface area (Å²) in [6, 6.07) is 6.08. The summed E-state index contributed by atoms with van der Waals surface area (Å²) < 4.78 is 74.1. The number of halogens is 5. The average Bonchev–Trinajstić information content (AvgIpc) is 2.96. The fourth-order valence-electron chi connectivity index (χ4n) is 3.42. The normalized spacial score (nSPS) is 11.7. The van der Waals surface area contributed by atoms with Crippen LogP contribution in [-0.4, -0.2) is 4.57 Å². The maximum Gasteiger partial charge on any atom is 0.148 e. The van der Waals surface area contributed by atoms with Crippen LogP contribution in [-0.2, 0) is 0 Å². The molecule has 3 aromatic carbocycles. The molecule has 0 amide bonds. The molecule has 0 saturated heterocycles. The summed E-state index contributed by atoms with van der Waals surface area (Å²) in [5.74, 6) is -3.99.